The maximum absolute atomic E-state index is 11.1. The average Bonchev–Trinajstić information content (AvgIpc) is 2.02. The molecule has 4 nitrogen and oxygen atoms in total. The highest BCUT2D eigenvalue weighted by atomic mass is 32.2. The molecule has 0 heterocycles. The highest BCUT2D eigenvalue weighted by Crippen LogP contribution is 1.99. The van der Waals surface area contributed by atoms with Crippen LogP contribution in [0.15, 0.2) is 0 Å². The van der Waals surface area contributed by atoms with Crippen molar-refractivity contribution >= 4 is 23.6 Å². The van der Waals surface area contributed by atoms with Gasteiger partial charge in [-0.1, -0.05) is 6.92 Å². The van der Waals surface area contributed by atoms with Crippen molar-refractivity contribution in [2.75, 3.05) is 12.0 Å². The van der Waals surface area contributed by atoms with Crippen LogP contribution in [-0.2, 0) is 9.59 Å². The van der Waals surface area contributed by atoms with Crippen LogP contribution in [0.4, 0.5) is 0 Å². The number of rotatable bonds is 6. The third-order valence-corrected chi connectivity index (χ3v) is 2.11. The van der Waals surface area contributed by atoms with Gasteiger partial charge in [-0.25, -0.2) is 0 Å². The molecule has 0 aromatic rings. The Hall–Kier alpha value is -0.710. The van der Waals surface area contributed by atoms with E-state index in [1.54, 1.807) is 0 Å². The minimum atomic E-state index is -0.878. The van der Waals surface area contributed by atoms with Crippen LogP contribution in [0.25, 0.3) is 0 Å². The van der Waals surface area contributed by atoms with Gasteiger partial charge in [0, 0.05) is 6.04 Å². The number of carbonyl (C=O) groups is 2. The topological polar surface area (TPSA) is 66.4 Å². The second-order valence-electron chi connectivity index (χ2n) is 2.70. The van der Waals surface area contributed by atoms with E-state index in [0.717, 1.165) is 0 Å². The molecule has 0 radical (unpaired) electrons. The monoisotopic (exact) mass is 205 g/mol. The van der Waals surface area contributed by atoms with Gasteiger partial charge in [0.25, 0.3) is 0 Å². The first-order chi connectivity index (χ1) is 6.10. The van der Waals surface area contributed by atoms with Gasteiger partial charge in [0.1, 0.15) is 0 Å². The molecule has 2 N–H and O–H groups in total. The normalized spacial score (nSPS) is 12.2. The molecule has 1 atom stereocenters. The Morgan fingerprint density at radius 3 is 2.54 bits per heavy atom. The molecular formula is C8H15NO3S. The van der Waals surface area contributed by atoms with Crippen LogP contribution in [-0.4, -0.2) is 35.0 Å². The number of carboxylic acid groups (broad SMARTS) is 1. The van der Waals surface area contributed by atoms with Crippen molar-refractivity contribution in [3.63, 3.8) is 0 Å². The Bertz CT molecular complexity index is 184. The maximum atomic E-state index is 11.1. The third kappa shape index (κ3) is 6.45. The molecular weight excluding hydrogens is 190 g/mol. The summed E-state index contributed by atoms with van der Waals surface area (Å²) in [7, 11) is 0. The lowest BCUT2D eigenvalue weighted by molar-refractivity contribution is -0.137. The van der Waals surface area contributed by atoms with Crippen molar-refractivity contribution in [3.8, 4) is 0 Å². The molecule has 0 bridgehead atoms. The van der Waals surface area contributed by atoms with Gasteiger partial charge in [-0.15, -0.1) is 0 Å². The SMILES string of the molecule is CCC(CC(=O)O)NC(=O)CSC. The highest BCUT2D eigenvalue weighted by molar-refractivity contribution is 7.99. The van der Waals surface area contributed by atoms with Gasteiger partial charge in [-0.2, -0.15) is 11.8 Å². The lowest BCUT2D eigenvalue weighted by Crippen LogP contribution is -2.37. The number of nitrogens with one attached hydrogen (secondary N) is 1. The molecule has 0 rings (SSSR count). The Kier molecular flexibility index (Phi) is 6.40. The van der Waals surface area contributed by atoms with Gasteiger partial charge in [-0.05, 0) is 12.7 Å². The van der Waals surface area contributed by atoms with E-state index in [2.05, 4.69) is 5.32 Å². The molecule has 13 heavy (non-hydrogen) atoms. The van der Waals surface area contributed by atoms with E-state index >= 15 is 0 Å². The third-order valence-electron chi connectivity index (χ3n) is 1.55. The van der Waals surface area contributed by atoms with Gasteiger partial charge in [0.05, 0.1) is 12.2 Å². The van der Waals surface area contributed by atoms with Crippen molar-refractivity contribution in [2.24, 2.45) is 0 Å². The van der Waals surface area contributed by atoms with E-state index in [0.29, 0.717) is 12.2 Å². The van der Waals surface area contributed by atoms with Gasteiger partial charge < -0.3 is 10.4 Å². The van der Waals surface area contributed by atoms with Crippen LogP contribution in [0.3, 0.4) is 0 Å². The lowest BCUT2D eigenvalue weighted by Gasteiger charge is -2.13. The zero-order valence-corrected chi connectivity index (χ0v) is 8.69. The quantitative estimate of drug-likeness (QED) is 0.670. The molecule has 0 aliphatic rings. The van der Waals surface area contributed by atoms with Crippen molar-refractivity contribution in [1.82, 2.24) is 5.32 Å². The summed E-state index contributed by atoms with van der Waals surface area (Å²) in [5, 5.41) is 11.2. The van der Waals surface area contributed by atoms with Crippen LogP contribution in [0, 0.1) is 0 Å². The standard InChI is InChI=1S/C8H15NO3S/c1-3-6(4-8(11)12)9-7(10)5-13-2/h6H,3-5H2,1-2H3,(H,9,10)(H,11,12). The van der Waals surface area contributed by atoms with Crippen molar-refractivity contribution < 1.29 is 14.7 Å². The highest BCUT2D eigenvalue weighted by Gasteiger charge is 2.12. The molecule has 76 valence electrons. The molecule has 0 saturated heterocycles. The molecule has 0 aromatic heterocycles. The molecule has 1 amide bonds. The molecule has 1 unspecified atom stereocenters. The summed E-state index contributed by atoms with van der Waals surface area (Å²) in [6, 6.07) is -0.239. The molecule has 0 aromatic carbocycles. The molecule has 0 aliphatic heterocycles. The Balaban J connectivity index is 3.83. The maximum Gasteiger partial charge on any atom is 0.305 e. The Morgan fingerprint density at radius 1 is 1.54 bits per heavy atom. The van der Waals surface area contributed by atoms with Crippen LogP contribution in [0.1, 0.15) is 19.8 Å². The van der Waals surface area contributed by atoms with Crippen molar-refractivity contribution in [3.05, 3.63) is 0 Å². The average molecular weight is 205 g/mol. The van der Waals surface area contributed by atoms with Crippen LogP contribution >= 0.6 is 11.8 Å². The smallest absolute Gasteiger partial charge is 0.305 e. The van der Waals surface area contributed by atoms with Crippen LogP contribution in [0.5, 0.6) is 0 Å². The fourth-order valence-electron chi connectivity index (χ4n) is 0.909. The zero-order valence-electron chi connectivity index (χ0n) is 7.87. The van der Waals surface area contributed by atoms with Crippen molar-refractivity contribution in [1.29, 1.82) is 0 Å². The largest absolute Gasteiger partial charge is 0.481 e. The fourth-order valence-corrected chi connectivity index (χ4v) is 1.25. The molecule has 5 heteroatoms. The minimum Gasteiger partial charge on any atom is -0.481 e. The number of hydrogen-bond acceptors (Lipinski definition) is 3. The van der Waals surface area contributed by atoms with Crippen LogP contribution < -0.4 is 5.32 Å². The van der Waals surface area contributed by atoms with E-state index in [1.165, 1.54) is 11.8 Å². The predicted octanol–water partition coefficient (Wildman–Crippen LogP) is 0.719. The lowest BCUT2D eigenvalue weighted by atomic mass is 10.1. The number of thioether (sulfide) groups is 1. The van der Waals surface area contributed by atoms with Gasteiger partial charge in [-0.3, -0.25) is 9.59 Å². The van der Waals surface area contributed by atoms with E-state index in [9.17, 15) is 9.59 Å². The number of carbonyl (C=O) groups excluding carboxylic acids is 1. The summed E-state index contributed by atoms with van der Waals surface area (Å²) in [5.41, 5.74) is 0. The predicted molar refractivity (Wildman–Crippen MR) is 52.9 cm³/mol. The Labute approximate surface area is 82.1 Å². The first-order valence-corrected chi connectivity index (χ1v) is 5.49. The summed E-state index contributed by atoms with van der Waals surface area (Å²) in [6.45, 7) is 1.85. The van der Waals surface area contributed by atoms with E-state index in [-0.39, 0.29) is 18.4 Å². The van der Waals surface area contributed by atoms with Crippen molar-refractivity contribution in [2.45, 2.75) is 25.8 Å². The second kappa shape index (κ2) is 6.77. The van der Waals surface area contributed by atoms with E-state index < -0.39 is 5.97 Å². The summed E-state index contributed by atoms with van der Waals surface area (Å²) >= 11 is 1.42. The summed E-state index contributed by atoms with van der Waals surface area (Å²) < 4.78 is 0. The van der Waals surface area contributed by atoms with E-state index in [4.69, 9.17) is 5.11 Å². The number of aliphatic carboxylic acids is 1. The van der Waals surface area contributed by atoms with Crippen LogP contribution in [0.2, 0.25) is 0 Å². The number of hydrogen-bond donors (Lipinski definition) is 2. The number of carboxylic acids is 1. The first-order valence-electron chi connectivity index (χ1n) is 4.10. The van der Waals surface area contributed by atoms with Gasteiger partial charge in [0.2, 0.25) is 5.91 Å². The molecule has 0 saturated carbocycles. The minimum absolute atomic E-state index is 0.00335. The second-order valence-corrected chi connectivity index (χ2v) is 3.57. The summed E-state index contributed by atoms with van der Waals surface area (Å²) in [5.74, 6) is -0.590. The fraction of sp³-hybridized carbons (Fsp3) is 0.750. The van der Waals surface area contributed by atoms with Gasteiger partial charge in [0.15, 0.2) is 0 Å². The first kappa shape index (κ1) is 12.3. The van der Waals surface area contributed by atoms with E-state index in [1.807, 2.05) is 13.2 Å². The van der Waals surface area contributed by atoms with Gasteiger partial charge >= 0.3 is 5.97 Å². The molecule has 0 fully saturated rings. The molecule has 0 aliphatic carbocycles. The molecule has 0 spiro atoms. The zero-order chi connectivity index (χ0) is 10.3. The number of amides is 1. The Morgan fingerprint density at radius 2 is 2.15 bits per heavy atom. The summed E-state index contributed by atoms with van der Waals surface area (Å²) in [4.78, 5) is 21.4. The summed E-state index contributed by atoms with van der Waals surface area (Å²) in [6.07, 6.45) is 2.47.